The van der Waals surface area contributed by atoms with E-state index in [1.807, 2.05) is 31.3 Å². The highest BCUT2D eigenvalue weighted by Gasteiger charge is 2.40. The minimum atomic E-state index is -0.493. The molecule has 0 atom stereocenters. The molecule has 0 aliphatic carbocycles. The van der Waals surface area contributed by atoms with E-state index in [2.05, 4.69) is 29.2 Å². The van der Waals surface area contributed by atoms with E-state index in [4.69, 9.17) is 9.47 Å². The first-order valence-electron chi connectivity index (χ1n) is 9.03. The predicted octanol–water partition coefficient (Wildman–Crippen LogP) is 4.44. The Bertz CT molecular complexity index is 1030. The number of benzene rings is 3. The summed E-state index contributed by atoms with van der Waals surface area (Å²) in [6, 6.07) is 21.5. The van der Waals surface area contributed by atoms with Crippen LogP contribution in [0.4, 0.5) is 11.4 Å². The van der Waals surface area contributed by atoms with E-state index in [-0.39, 0.29) is 0 Å². The van der Waals surface area contributed by atoms with Crippen molar-refractivity contribution in [1.29, 1.82) is 0 Å². The number of esters is 2. The van der Waals surface area contributed by atoms with Crippen LogP contribution in [0, 0.1) is 0 Å². The monoisotopic (exact) mass is 406 g/mol. The summed E-state index contributed by atoms with van der Waals surface area (Å²) in [5.74, 6) is -0.979. The minimum Gasteiger partial charge on any atom is -0.465 e. The molecular weight excluding hydrogens is 386 g/mol. The number of carbonyl (C=O) groups is 2. The molecule has 3 aromatic rings. The topological polar surface area (TPSA) is 55.8 Å². The van der Waals surface area contributed by atoms with Gasteiger partial charge in [-0.25, -0.2) is 9.59 Å². The Morgan fingerprint density at radius 1 is 0.759 bits per heavy atom. The van der Waals surface area contributed by atoms with Crippen LogP contribution in [0.2, 0.25) is 0 Å². The molecule has 0 bridgehead atoms. The second-order valence-electron chi connectivity index (χ2n) is 6.53. The molecule has 0 radical (unpaired) electrons. The van der Waals surface area contributed by atoms with Crippen LogP contribution in [0.15, 0.2) is 81.4 Å². The van der Waals surface area contributed by atoms with Gasteiger partial charge < -0.3 is 14.4 Å². The van der Waals surface area contributed by atoms with Crippen LogP contribution in [-0.2, 0) is 20.4 Å². The Labute approximate surface area is 172 Å². The van der Waals surface area contributed by atoms with Gasteiger partial charge in [0.1, 0.15) is 10.9 Å². The summed E-state index contributed by atoms with van der Waals surface area (Å²) >= 11 is 0. The number of anilines is 2. The van der Waals surface area contributed by atoms with Crippen LogP contribution >= 0.6 is 0 Å². The smallest absolute Gasteiger partial charge is 0.338 e. The fraction of sp³-hybridized carbons (Fsp3) is 0.130. The number of hydrogen-bond donors (Lipinski definition) is 0. The van der Waals surface area contributed by atoms with Crippen LogP contribution in [0.1, 0.15) is 20.7 Å². The second kappa shape index (κ2) is 7.64. The molecular formula is C23H20NO4S+. The van der Waals surface area contributed by atoms with E-state index in [0.717, 1.165) is 26.1 Å². The van der Waals surface area contributed by atoms with E-state index >= 15 is 0 Å². The average molecular weight is 406 g/mol. The molecule has 0 aromatic heterocycles. The zero-order valence-corrected chi connectivity index (χ0v) is 17.2. The molecule has 0 N–H and O–H groups in total. The summed E-state index contributed by atoms with van der Waals surface area (Å²) in [5.41, 5.74) is 2.84. The minimum absolute atomic E-state index is 0.326. The molecule has 4 rings (SSSR count). The highest BCUT2D eigenvalue weighted by Crippen LogP contribution is 2.47. The van der Waals surface area contributed by atoms with Crippen LogP contribution in [-0.4, -0.2) is 33.2 Å². The summed E-state index contributed by atoms with van der Waals surface area (Å²) < 4.78 is 9.81. The van der Waals surface area contributed by atoms with Gasteiger partial charge in [-0.15, -0.1) is 0 Å². The molecule has 0 fully saturated rings. The van der Waals surface area contributed by atoms with E-state index in [9.17, 15) is 9.59 Å². The van der Waals surface area contributed by atoms with Gasteiger partial charge in [-0.3, -0.25) is 0 Å². The van der Waals surface area contributed by atoms with Crippen LogP contribution < -0.4 is 4.90 Å². The van der Waals surface area contributed by atoms with Gasteiger partial charge in [-0.2, -0.15) is 0 Å². The highest BCUT2D eigenvalue weighted by atomic mass is 32.2. The zero-order valence-electron chi connectivity index (χ0n) is 16.3. The van der Waals surface area contributed by atoms with Gasteiger partial charge in [0.25, 0.3) is 0 Å². The van der Waals surface area contributed by atoms with E-state index < -0.39 is 22.8 Å². The van der Waals surface area contributed by atoms with E-state index in [1.54, 1.807) is 12.1 Å². The van der Waals surface area contributed by atoms with Gasteiger partial charge in [0.15, 0.2) is 14.7 Å². The number of methoxy groups -OCH3 is 2. The number of rotatable bonds is 3. The molecule has 1 heterocycles. The molecule has 0 saturated heterocycles. The predicted molar refractivity (Wildman–Crippen MR) is 112 cm³/mol. The van der Waals surface area contributed by atoms with Crippen molar-refractivity contribution < 1.29 is 19.1 Å². The SMILES string of the molecule is COC(=O)c1cc(C(=O)OC)cc([S+]2c3ccccc3N(C)c3ccccc32)c1. The van der Waals surface area contributed by atoms with Gasteiger partial charge in [-0.05, 0) is 30.3 Å². The largest absolute Gasteiger partial charge is 0.465 e. The van der Waals surface area contributed by atoms with Crippen LogP contribution in [0.3, 0.4) is 0 Å². The van der Waals surface area contributed by atoms with Crippen molar-refractivity contribution in [3.8, 4) is 0 Å². The van der Waals surface area contributed by atoms with Crippen molar-refractivity contribution in [2.24, 2.45) is 0 Å². The number of carbonyl (C=O) groups excluding carboxylic acids is 2. The Morgan fingerprint density at radius 2 is 1.21 bits per heavy atom. The molecule has 0 spiro atoms. The normalized spacial score (nSPS) is 12.7. The van der Waals surface area contributed by atoms with Gasteiger partial charge in [-0.1, -0.05) is 24.3 Å². The first-order chi connectivity index (χ1) is 14.0. The van der Waals surface area contributed by atoms with Crippen molar-refractivity contribution in [1.82, 2.24) is 0 Å². The maximum Gasteiger partial charge on any atom is 0.338 e. The maximum absolute atomic E-state index is 12.3. The number of para-hydroxylation sites is 2. The molecule has 5 nitrogen and oxygen atoms in total. The van der Waals surface area contributed by atoms with Crippen LogP contribution in [0.5, 0.6) is 0 Å². The molecule has 0 amide bonds. The zero-order chi connectivity index (χ0) is 20.5. The summed E-state index contributed by atoms with van der Waals surface area (Å²) in [5, 5.41) is 0. The van der Waals surface area contributed by atoms with Gasteiger partial charge in [0.05, 0.1) is 36.7 Å². The molecule has 0 saturated carbocycles. The number of fused-ring (bicyclic) bond motifs is 2. The fourth-order valence-corrected chi connectivity index (χ4v) is 6.00. The molecule has 146 valence electrons. The Kier molecular flexibility index (Phi) is 5.03. The Hall–Kier alpha value is -3.25. The second-order valence-corrected chi connectivity index (χ2v) is 8.49. The van der Waals surface area contributed by atoms with Gasteiger partial charge in [0, 0.05) is 19.2 Å². The van der Waals surface area contributed by atoms with Crippen molar-refractivity contribution in [2.45, 2.75) is 14.7 Å². The first-order valence-corrected chi connectivity index (χ1v) is 10.3. The summed E-state index contributed by atoms with van der Waals surface area (Å²) in [7, 11) is 4.21. The quantitative estimate of drug-likeness (QED) is 0.476. The third kappa shape index (κ3) is 3.25. The van der Waals surface area contributed by atoms with Crippen molar-refractivity contribution in [3.05, 3.63) is 77.9 Å². The van der Waals surface area contributed by atoms with E-state index in [0.29, 0.717) is 11.1 Å². The van der Waals surface area contributed by atoms with Crippen molar-refractivity contribution >= 4 is 34.2 Å². The van der Waals surface area contributed by atoms with Gasteiger partial charge in [0.2, 0.25) is 0 Å². The average Bonchev–Trinajstić information content (AvgIpc) is 2.78. The maximum atomic E-state index is 12.3. The molecule has 1 aliphatic rings. The van der Waals surface area contributed by atoms with Gasteiger partial charge >= 0.3 is 11.9 Å². The molecule has 29 heavy (non-hydrogen) atoms. The van der Waals surface area contributed by atoms with Crippen molar-refractivity contribution in [3.63, 3.8) is 0 Å². The fourth-order valence-electron chi connectivity index (χ4n) is 3.50. The summed E-state index contributed by atoms with van der Waals surface area (Å²) in [6.07, 6.45) is 0. The third-order valence-electron chi connectivity index (χ3n) is 4.88. The van der Waals surface area contributed by atoms with E-state index in [1.165, 1.54) is 20.3 Å². The molecule has 0 unspecified atom stereocenters. The highest BCUT2D eigenvalue weighted by molar-refractivity contribution is 7.97. The molecule has 1 aliphatic heterocycles. The molecule has 6 heteroatoms. The Balaban J connectivity index is 1.98. The third-order valence-corrected chi connectivity index (χ3v) is 7.15. The standard InChI is InChI=1S/C23H20NO4S/c1-24-18-8-4-6-10-20(18)29(21-11-7-5-9-19(21)24)17-13-15(22(25)27-2)12-16(14-17)23(26)28-3/h4-14H,1-3H3/q+1. The lowest BCUT2D eigenvalue weighted by atomic mass is 10.1. The van der Waals surface area contributed by atoms with Crippen LogP contribution in [0.25, 0.3) is 0 Å². The lowest BCUT2D eigenvalue weighted by molar-refractivity contribution is 0.0598. The number of ether oxygens (including phenoxy) is 2. The lowest BCUT2D eigenvalue weighted by Crippen LogP contribution is -2.23. The molecule has 3 aromatic carbocycles. The first kappa shape index (κ1) is 19.1. The van der Waals surface area contributed by atoms with Crippen molar-refractivity contribution in [2.75, 3.05) is 26.2 Å². The lowest BCUT2D eigenvalue weighted by Gasteiger charge is -2.28. The number of nitrogens with zero attached hydrogens (tertiary/aromatic N) is 1. The summed E-state index contributed by atoms with van der Waals surface area (Å²) in [4.78, 5) is 29.8. The summed E-state index contributed by atoms with van der Waals surface area (Å²) in [6.45, 7) is 0. The Morgan fingerprint density at radius 3 is 1.66 bits per heavy atom. The number of hydrogen-bond acceptors (Lipinski definition) is 5.